The van der Waals surface area contributed by atoms with Crippen LogP contribution < -0.4 is 0 Å². The van der Waals surface area contributed by atoms with Gasteiger partial charge in [0.05, 0.1) is 16.9 Å². The van der Waals surface area contributed by atoms with Crippen LogP contribution >= 0.6 is 11.8 Å². The summed E-state index contributed by atoms with van der Waals surface area (Å²) in [4.78, 5) is 13.9. The van der Waals surface area contributed by atoms with Gasteiger partial charge >= 0.3 is 0 Å². The number of hydrogen-bond acceptors (Lipinski definition) is 3. The number of benzene rings is 2. The highest BCUT2D eigenvalue weighted by Crippen LogP contribution is 2.45. The van der Waals surface area contributed by atoms with E-state index in [2.05, 4.69) is 6.58 Å². The van der Waals surface area contributed by atoms with Gasteiger partial charge in [-0.1, -0.05) is 87.1 Å². The van der Waals surface area contributed by atoms with E-state index in [0.29, 0.717) is 6.54 Å². The van der Waals surface area contributed by atoms with E-state index in [1.165, 1.54) is 11.8 Å². The summed E-state index contributed by atoms with van der Waals surface area (Å²) in [6.07, 6.45) is 0. The quantitative estimate of drug-likeness (QED) is 0.638. The Morgan fingerprint density at radius 2 is 1.71 bits per heavy atom. The fraction of sp³-hybridized carbons (Fsp3) is 0.348. The molecule has 2 aromatic rings. The molecule has 2 aromatic carbocycles. The number of carbonyl (C=O) groups excluding carboxylic acids is 1. The Labute approximate surface area is 174 Å². The summed E-state index contributed by atoms with van der Waals surface area (Å²) in [5.41, 5.74) is 2.95. The fourth-order valence-electron chi connectivity index (χ4n) is 3.41. The average Bonchev–Trinajstić information content (AvgIpc) is 2.98. The lowest BCUT2D eigenvalue weighted by atomic mass is 9.93. The van der Waals surface area contributed by atoms with Gasteiger partial charge in [0.2, 0.25) is 0 Å². The van der Waals surface area contributed by atoms with Crippen molar-refractivity contribution in [3.63, 3.8) is 0 Å². The third-order valence-electron chi connectivity index (χ3n) is 4.66. The van der Waals surface area contributed by atoms with Gasteiger partial charge in [-0.25, -0.2) is 8.51 Å². The summed E-state index contributed by atoms with van der Waals surface area (Å²) in [5, 5.41) is 0.0924. The molecule has 3 nitrogen and oxygen atoms in total. The zero-order valence-electron chi connectivity index (χ0n) is 16.8. The molecule has 0 bridgehead atoms. The molecule has 0 saturated carbocycles. The smallest absolute Gasteiger partial charge is 0.198 e. The Hall–Kier alpha value is -1.69. The van der Waals surface area contributed by atoms with Gasteiger partial charge in [0, 0.05) is 11.3 Å². The van der Waals surface area contributed by atoms with Crippen molar-refractivity contribution in [3.8, 4) is 0 Å². The Morgan fingerprint density at radius 3 is 2.29 bits per heavy atom. The highest BCUT2D eigenvalue weighted by molar-refractivity contribution is 8.14. The third-order valence-corrected chi connectivity index (χ3v) is 7.19. The second-order valence-corrected chi connectivity index (χ2v) is 11.4. The number of aryl methyl sites for hydroxylation is 1. The predicted octanol–water partition coefficient (Wildman–Crippen LogP) is 5.31. The zero-order valence-corrected chi connectivity index (χ0v) is 18.5. The van der Waals surface area contributed by atoms with Gasteiger partial charge < -0.3 is 0 Å². The summed E-state index contributed by atoms with van der Waals surface area (Å²) in [6.45, 7) is 12.8. The van der Waals surface area contributed by atoms with E-state index in [4.69, 9.17) is 0 Å². The van der Waals surface area contributed by atoms with Crippen LogP contribution in [0.4, 0.5) is 0 Å². The summed E-state index contributed by atoms with van der Waals surface area (Å²) in [7, 11) is -1.37. The van der Waals surface area contributed by atoms with Crippen molar-refractivity contribution in [2.45, 2.75) is 43.4 Å². The van der Waals surface area contributed by atoms with Gasteiger partial charge in [-0.15, -0.1) is 0 Å². The fourth-order valence-corrected chi connectivity index (χ4v) is 5.81. The van der Waals surface area contributed by atoms with Crippen molar-refractivity contribution in [3.05, 3.63) is 77.9 Å². The highest BCUT2D eigenvalue weighted by atomic mass is 32.2. The van der Waals surface area contributed by atoms with Crippen molar-refractivity contribution in [2.75, 3.05) is 6.54 Å². The monoisotopic (exact) mass is 413 g/mol. The van der Waals surface area contributed by atoms with E-state index in [9.17, 15) is 9.00 Å². The van der Waals surface area contributed by atoms with Gasteiger partial charge in [-0.3, -0.25) is 4.79 Å². The number of rotatable bonds is 4. The van der Waals surface area contributed by atoms with E-state index in [1.54, 1.807) is 0 Å². The first-order valence-electron chi connectivity index (χ1n) is 9.38. The third kappa shape index (κ3) is 4.65. The molecule has 0 N–H and O–H groups in total. The molecule has 0 aliphatic carbocycles. The average molecular weight is 414 g/mol. The molecule has 0 radical (unpaired) electrons. The molecule has 1 saturated heterocycles. The normalized spacial score (nSPS) is 21.6. The minimum atomic E-state index is -1.37. The second-order valence-electron chi connectivity index (χ2n) is 8.16. The van der Waals surface area contributed by atoms with Gasteiger partial charge in [0.25, 0.3) is 0 Å². The molecule has 1 fully saturated rings. The molecule has 5 heteroatoms. The summed E-state index contributed by atoms with van der Waals surface area (Å²) < 4.78 is 15.2. The largest absolute Gasteiger partial charge is 0.286 e. The second kappa shape index (κ2) is 8.36. The molecule has 1 aliphatic rings. The molecule has 3 atom stereocenters. The summed E-state index contributed by atoms with van der Waals surface area (Å²) in [6, 6.07) is 17.3. The van der Waals surface area contributed by atoms with Gasteiger partial charge in [0.15, 0.2) is 5.12 Å². The number of nitrogens with zero attached hydrogens (tertiary/aromatic N) is 1. The molecule has 0 aromatic heterocycles. The first kappa shape index (κ1) is 21.0. The highest BCUT2D eigenvalue weighted by Gasteiger charge is 2.45. The molecule has 148 valence electrons. The van der Waals surface area contributed by atoms with Crippen LogP contribution in [0.1, 0.15) is 37.9 Å². The van der Waals surface area contributed by atoms with E-state index in [-0.39, 0.29) is 21.8 Å². The number of hydrogen-bond donors (Lipinski definition) is 0. The van der Waals surface area contributed by atoms with Crippen molar-refractivity contribution >= 4 is 27.9 Å². The minimum Gasteiger partial charge on any atom is -0.286 e. The lowest BCUT2D eigenvalue weighted by molar-refractivity contribution is -0.114. The summed E-state index contributed by atoms with van der Waals surface area (Å²) >= 11 is 1.34. The SMILES string of the molecule is C=C1CN([S@@](=O)c2ccc(C)cc2)[C@@H](c2ccccc2)[C@@H]1C(=O)SC(C)(C)C. The van der Waals surface area contributed by atoms with E-state index >= 15 is 0 Å². The van der Waals surface area contributed by atoms with Crippen LogP contribution in [0.15, 0.2) is 71.6 Å². The maximum atomic E-state index is 13.4. The molecule has 1 heterocycles. The van der Waals surface area contributed by atoms with Crippen molar-refractivity contribution in [1.82, 2.24) is 4.31 Å². The first-order valence-corrected chi connectivity index (χ1v) is 11.3. The van der Waals surface area contributed by atoms with Crippen LogP contribution in [0.5, 0.6) is 0 Å². The van der Waals surface area contributed by atoms with Crippen LogP contribution in [-0.2, 0) is 15.8 Å². The van der Waals surface area contributed by atoms with Gasteiger partial charge in [-0.05, 0) is 30.2 Å². The molecule has 28 heavy (non-hydrogen) atoms. The minimum absolute atomic E-state index is 0.0924. The van der Waals surface area contributed by atoms with Crippen molar-refractivity contribution in [2.24, 2.45) is 5.92 Å². The number of carbonyl (C=O) groups is 1. The Kier molecular flexibility index (Phi) is 6.28. The van der Waals surface area contributed by atoms with Crippen LogP contribution in [-0.4, -0.2) is 24.9 Å². The van der Waals surface area contributed by atoms with Crippen molar-refractivity contribution < 1.29 is 9.00 Å². The maximum absolute atomic E-state index is 13.4. The van der Waals surface area contributed by atoms with Crippen LogP contribution in [0.25, 0.3) is 0 Å². The van der Waals surface area contributed by atoms with Crippen LogP contribution in [0, 0.1) is 12.8 Å². The first-order chi connectivity index (χ1) is 13.2. The van der Waals surface area contributed by atoms with E-state index in [0.717, 1.165) is 21.6 Å². The Bertz CT molecular complexity index is 885. The number of thioether (sulfide) groups is 1. The van der Waals surface area contributed by atoms with Crippen LogP contribution in [0.2, 0.25) is 0 Å². The molecule has 3 rings (SSSR count). The van der Waals surface area contributed by atoms with Crippen molar-refractivity contribution in [1.29, 1.82) is 0 Å². The molecule has 0 spiro atoms. The Morgan fingerprint density at radius 1 is 1.11 bits per heavy atom. The topological polar surface area (TPSA) is 37.4 Å². The lowest BCUT2D eigenvalue weighted by Gasteiger charge is -2.28. The van der Waals surface area contributed by atoms with Crippen LogP contribution in [0.3, 0.4) is 0 Å². The Balaban J connectivity index is 2.00. The molecule has 0 unspecified atom stereocenters. The predicted molar refractivity (Wildman–Crippen MR) is 118 cm³/mol. The lowest BCUT2D eigenvalue weighted by Crippen LogP contribution is -2.30. The standard InChI is InChI=1S/C23H27NO2S2/c1-16-11-13-19(14-12-16)28(26)24-15-17(2)20(22(25)27-23(3,4)5)21(24)18-9-7-6-8-10-18/h6-14,20-21H,2,15H2,1,3-5H3/t20-,21+,28+/m1/s1. The zero-order chi connectivity index (χ0) is 20.5. The van der Waals surface area contributed by atoms with Gasteiger partial charge in [-0.2, -0.15) is 0 Å². The maximum Gasteiger partial charge on any atom is 0.198 e. The van der Waals surface area contributed by atoms with E-state index in [1.807, 2.05) is 86.6 Å². The summed E-state index contributed by atoms with van der Waals surface area (Å²) in [5.74, 6) is -0.374. The molecule has 1 aliphatic heterocycles. The molecule has 0 amide bonds. The molecular formula is C23H27NO2S2. The van der Waals surface area contributed by atoms with Gasteiger partial charge in [0.1, 0.15) is 11.0 Å². The molecular weight excluding hydrogens is 386 g/mol. The van der Waals surface area contributed by atoms with E-state index < -0.39 is 11.0 Å².